The minimum Gasteiger partial charge on any atom is -0.311 e. The highest BCUT2D eigenvalue weighted by molar-refractivity contribution is 7.15. The number of allylic oxidation sites excluding steroid dienone is 2. The molecule has 0 fully saturated rings. The summed E-state index contributed by atoms with van der Waals surface area (Å²) in [6, 6.07) is 35.8. The molecule has 0 aliphatic heterocycles. The SMILES string of the molecule is CCc1ccc(-c2ccc(N(c3ccccc3)c3ccc(C(C#N)=C(C#N)C#N)cc3)cc2)s1. The lowest BCUT2D eigenvalue weighted by Gasteiger charge is -2.25. The Morgan fingerprint density at radius 3 is 1.82 bits per heavy atom. The summed E-state index contributed by atoms with van der Waals surface area (Å²) in [6.45, 7) is 2.17. The van der Waals surface area contributed by atoms with E-state index in [2.05, 4.69) is 48.2 Å². The molecule has 0 spiro atoms. The van der Waals surface area contributed by atoms with Crippen LogP contribution in [0.3, 0.4) is 0 Å². The molecule has 3 aromatic carbocycles. The van der Waals surface area contributed by atoms with Crippen molar-refractivity contribution < 1.29 is 0 Å². The van der Waals surface area contributed by atoms with Crippen LogP contribution in [0.4, 0.5) is 17.1 Å². The van der Waals surface area contributed by atoms with Crippen LogP contribution in [0.15, 0.2) is 96.6 Å². The van der Waals surface area contributed by atoms with Crippen LogP contribution >= 0.6 is 11.3 Å². The average molecular weight is 457 g/mol. The monoisotopic (exact) mass is 456 g/mol. The molecule has 4 nitrogen and oxygen atoms in total. The molecule has 0 saturated heterocycles. The van der Waals surface area contributed by atoms with Crippen molar-refractivity contribution in [1.82, 2.24) is 0 Å². The van der Waals surface area contributed by atoms with Gasteiger partial charge in [0.2, 0.25) is 0 Å². The first-order valence-corrected chi connectivity index (χ1v) is 11.6. The van der Waals surface area contributed by atoms with Crippen molar-refractivity contribution in [3.63, 3.8) is 0 Å². The van der Waals surface area contributed by atoms with E-state index in [4.69, 9.17) is 10.5 Å². The molecule has 5 heteroatoms. The van der Waals surface area contributed by atoms with Gasteiger partial charge in [-0.3, -0.25) is 0 Å². The molecule has 0 radical (unpaired) electrons. The number of rotatable bonds is 6. The number of benzene rings is 3. The van der Waals surface area contributed by atoms with Gasteiger partial charge in [-0.2, -0.15) is 15.8 Å². The van der Waals surface area contributed by atoms with E-state index in [1.807, 2.05) is 59.9 Å². The molecule has 0 atom stereocenters. The second-order valence-corrected chi connectivity index (χ2v) is 8.64. The minimum absolute atomic E-state index is 0.0783. The molecule has 0 unspecified atom stereocenters. The lowest BCUT2D eigenvalue weighted by Crippen LogP contribution is -2.09. The van der Waals surface area contributed by atoms with E-state index < -0.39 is 0 Å². The highest BCUT2D eigenvalue weighted by Gasteiger charge is 2.14. The highest BCUT2D eigenvalue weighted by Crippen LogP contribution is 2.37. The first-order valence-electron chi connectivity index (χ1n) is 10.8. The Balaban J connectivity index is 1.74. The average Bonchev–Trinajstić information content (AvgIpc) is 3.38. The number of anilines is 3. The third-order valence-corrected chi connectivity index (χ3v) is 6.71. The van der Waals surface area contributed by atoms with Crippen LogP contribution in [-0.2, 0) is 6.42 Å². The Hall–Kier alpha value is -4.63. The summed E-state index contributed by atoms with van der Waals surface area (Å²) in [5.41, 5.74) is 4.51. The predicted octanol–water partition coefficient (Wildman–Crippen LogP) is 7.77. The fourth-order valence-electron chi connectivity index (χ4n) is 3.70. The zero-order valence-corrected chi connectivity index (χ0v) is 19.4. The summed E-state index contributed by atoms with van der Waals surface area (Å²) in [6.07, 6.45) is 1.04. The van der Waals surface area contributed by atoms with Gasteiger partial charge in [-0.25, -0.2) is 0 Å². The third-order valence-electron chi connectivity index (χ3n) is 5.43. The van der Waals surface area contributed by atoms with Crippen LogP contribution in [0.5, 0.6) is 0 Å². The lowest BCUT2D eigenvalue weighted by molar-refractivity contribution is 1.19. The molecule has 0 bridgehead atoms. The van der Waals surface area contributed by atoms with Crippen molar-refractivity contribution in [1.29, 1.82) is 15.8 Å². The van der Waals surface area contributed by atoms with Gasteiger partial charge >= 0.3 is 0 Å². The van der Waals surface area contributed by atoms with E-state index >= 15 is 0 Å². The smallest absolute Gasteiger partial charge is 0.148 e. The topological polar surface area (TPSA) is 74.6 Å². The minimum atomic E-state index is -0.189. The Labute approximate surface area is 203 Å². The molecule has 0 saturated carbocycles. The predicted molar refractivity (Wildman–Crippen MR) is 138 cm³/mol. The van der Waals surface area contributed by atoms with E-state index in [1.165, 1.54) is 15.3 Å². The van der Waals surface area contributed by atoms with Gasteiger partial charge in [0, 0.05) is 26.8 Å². The van der Waals surface area contributed by atoms with Gasteiger partial charge in [0.15, 0.2) is 0 Å². The Kier molecular flexibility index (Phi) is 6.85. The lowest BCUT2D eigenvalue weighted by atomic mass is 10.0. The summed E-state index contributed by atoms with van der Waals surface area (Å²) >= 11 is 1.82. The fourth-order valence-corrected chi connectivity index (χ4v) is 4.65. The van der Waals surface area contributed by atoms with Crippen LogP contribution in [-0.4, -0.2) is 0 Å². The maximum Gasteiger partial charge on any atom is 0.148 e. The Morgan fingerprint density at radius 2 is 1.29 bits per heavy atom. The van der Waals surface area contributed by atoms with Crippen molar-refractivity contribution in [3.05, 3.63) is 107 Å². The van der Waals surface area contributed by atoms with Crippen molar-refractivity contribution >= 4 is 34.0 Å². The van der Waals surface area contributed by atoms with E-state index in [9.17, 15) is 5.26 Å². The normalized spacial score (nSPS) is 9.94. The summed E-state index contributed by atoms with van der Waals surface area (Å²) in [5, 5.41) is 27.8. The number of hydrogen-bond acceptors (Lipinski definition) is 5. The third kappa shape index (κ3) is 4.59. The van der Waals surface area contributed by atoms with Crippen LogP contribution < -0.4 is 4.90 Å². The number of hydrogen-bond donors (Lipinski definition) is 0. The second kappa shape index (κ2) is 10.3. The largest absolute Gasteiger partial charge is 0.311 e. The number of aryl methyl sites for hydroxylation is 1. The van der Waals surface area contributed by atoms with Gasteiger partial charge in [-0.05, 0) is 66.1 Å². The molecular formula is C29H20N4S. The molecular weight excluding hydrogens is 436 g/mol. The molecule has 0 N–H and O–H groups in total. The molecule has 4 aromatic rings. The second-order valence-electron chi connectivity index (χ2n) is 7.47. The zero-order valence-electron chi connectivity index (χ0n) is 18.6. The highest BCUT2D eigenvalue weighted by atomic mass is 32.1. The van der Waals surface area contributed by atoms with Gasteiger partial charge in [-0.1, -0.05) is 49.4 Å². The quantitative estimate of drug-likeness (QED) is 0.278. The summed E-state index contributed by atoms with van der Waals surface area (Å²) in [7, 11) is 0. The Morgan fingerprint density at radius 1 is 0.706 bits per heavy atom. The van der Waals surface area contributed by atoms with Crippen molar-refractivity contribution in [2.24, 2.45) is 0 Å². The molecule has 1 heterocycles. The molecule has 162 valence electrons. The number of para-hydroxylation sites is 1. The first kappa shape index (κ1) is 22.6. The fraction of sp³-hybridized carbons (Fsp3) is 0.0690. The van der Waals surface area contributed by atoms with Gasteiger partial charge in [-0.15, -0.1) is 11.3 Å². The van der Waals surface area contributed by atoms with Gasteiger partial charge in [0.05, 0.1) is 5.57 Å². The first-order chi connectivity index (χ1) is 16.7. The van der Waals surface area contributed by atoms with Crippen LogP contribution in [0.1, 0.15) is 17.4 Å². The van der Waals surface area contributed by atoms with Crippen molar-refractivity contribution in [2.45, 2.75) is 13.3 Å². The summed E-state index contributed by atoms with van der Waals surface area (Å²) in [5.74, 6) is 0. The molecule has 0 aliphatic rings. The zero-order chi connectivity index (χ0) is 23.9. The molecule has 34 heavy (non-hydrogen) atoms. The van der Waals surface area contributed by atoms with E-state index in [1.54, 1.807) is 24.3 Å². The van der Waals surface area contributed by atoms with E-state index in [-0.39, 0.29) is 11.1 Å². The summed E-state index contributed by atoms with van der Waals surface area (Å²) < 4.78 is 0. The maximum atomic E-state index is 9.46. The van der Waals surface area contributed by atoms with Crippen LogP contribution in [0.2, 0.25) is 0 Å². The van der Waals surface area contributed by atoms with Crippen molar-refractivity contribution in [3.8, 4) is 28.6 Å². The van der Waals surface area contributed by atoms with E-state index in [0.29, 0.717) is 5.56 Å². The van der Waals surface area contributed by atoms with Gasteiger partial charge < -0.3 is 4.90 Å². The summed E-state index contributed by atoms with van der Waals surface area (Å²) in [4.78, 5) is 4.75. The maximum absolute atomic E-state index is 9.46. The molecule has 0 aliphatic carbocycles. The Bertz CT molecular complexity index is 1430. The van der Waals surface area contributed by atoms with Gasteiger partial charge in [0.1, 0.15) is 23.8 Å². The number of nitrogens with zero attached hydrogens (tertiary/aromatic N) is 4. The molecule has 4 rings (SSSR count). The van der Waals surface area contributed by atoms with E-state index in [0.717, 1.165) is 23.5 Å². The molecule has 0 amide bonds. The standard InChI is InChI=1S/C29H20N4S/c1-2-27-16-17-29(34-27)22-10-14-26(15-11-22)33(24-6-4-3-5-7-24)25-12-8-21(9-13-25)28(20-32)23(18-30)19-31/h3-17H,2H2,1H3. The number of thiophene rings is 1. The van der Waals surface area contributed by atoms with Crippen molar-refractivity contribution in [2.75, 3.05) is 4.90 Å². The van der Waals surface area contributed by atoms with Crippen LogP contribution in [0.25, 0.3) is 16.0 Å². The number of nitriles is 3. The molecule has 1 aromatic heterocycles. The van der Waals surface area contributed by atoms with Gasteiger partial charge in [0.25, 0.3) is 0 Å². The van der Waals surface area contributed by atoms with Crippen LogP contribution in [0, 0.1) is 34.0 Å².